The molecule has 0 fully saturated rings. The third-order valence-electron chi connectivity index (χ3n) is 2.20. The van der Waals surface area contributed by atoms with Crippen LogP contribution in [0.25, 0.3) is 0 Å². The molecule has 0 rings (SSSR count). The highest BCUT2D eigenvalue weighted by atomic mass is 16.1. The molecular formula is C12H27N3O. The van der Waals surface area contributed by atoms with Crippen LogP contribution in [0.2, 0.25) is 0 Å². The highest BCUT2D eigenvalue weighted by Gasteiger charge is 2.12. The Kier molecular flexibility index (Phi) is 6.60. The maximum absolute atomic E-state index is 11.6. The predicted octanol–water partition coefficient (Wildman–Crippen LogP) is 0.831. The van der Waals surface area contributed by atoms with E-state index in [-0.39, 0.29) is 17.5 Å². The van der Waals surface area contributed by atoms with Crippen molar-refractivity contribution in [1.82, 2.24) is 15.5 Å². The van der Waals surface area contributed by atoms with E-state index in [0.29, 0.717) is 6.54 Å². The highest BCUT2D eigenvalue weighted by molar-refractivity contribution is 5.78. The van der Waals surface area contributed by atoms with E-state index in [0.717, 1.165) is 13.0 Å². The summed E-state index contributed by atoms with van der Waals surface area (Å²) in [5.41, 5.74) is -0.00971. The Hall–Kier alpha value is -0.610. The largest absolute Gasteiger partial charge is 0.352 e. The second kappa shape index (κ2) is 6.86. The molecule has 1 amide bonds. The van der Waals surface area contributed by atoms with Gasteiger partial charge in [-0.2, -0.15) is 0 Å². The summed E-state index contributed by atoms with van der Waals surface area (Å²) in [4.78, 5) is 13.7. The van der Waals surface area contributed by atoms with Crippen molar-refractivity contribution >= 4 is 5.91 Å². The predicted molar refractivity (Wildman–Crippen MR) is 68.5 cm³/mol. The number of carbonyl (C=O) groups is 1. The van der Waals surface area contributed by atoms with Gasteiger partial charge in [-0.3, -0.25) is 4.79 Å². The number of nitrogens with one attached hydrogen (secondary N) is 2. The molecule has 4 nitrogen and oxygen atoms in total. The van der Waals surface area contributed by atoms with Crippen LogP contribution in [-0.4, -0.2) is 49.6 Å². The zero-order valence-electron chi connectivity index (χ0n) is 11.6. The molecule has 0 aliphatic rings. The number of amides is 1. The summed E-state index contributed by atoms with van der Waals surface area (Å²) in [6.45, 7) is 9.57. The summed E-state index contributed by atoms with van der Waals surface area (Å²) in [6.07, 6.45) is 0.980. The molecule has 96 valence electrons. The second-order valence-corrected chi connectivity index (χ2v) is 5.66. The van der Waals surface area contributed by atoms with Gasteiger partial charge >= 0.3 is 0 Å². The van der Waals surface area contributed by atoms with Gasteiger partial charge < -0.3 is 15.5 Å². The molecule has 1 atom stereocenters. The van der Waals surface area contributed by atoms with E-state index in [1.165, 1.54) is 0 Å². The first kappa shape index (κ1) is 15.4. The Morgan fingerprint density at radius 1 is 1.31 bits per heavy atom. The summed E-state index contributed by atoms with van der Waals surface area (Å²) >= 11 is 0. The Morgan fingerprint density at radius 3 is 2.31 bits per heavy atom. The average Bonchev–Trinajstić information content (AvgIpc) is 2.10. The van der Waals surface area contributed by atoms with Gasteiger partial charge in [-0.05, 0) is 54.8 Å². The fraction of sp³-hybridized carbons (Fsp3) is 0.917. The first-order chi connectivity index (χ1) is 7.20. The van der Waals surface area contributed by atoms with Crippen LogP contribution in [0.5, 0.6) is 0 Å². The van der Waals surface area contributed by atoms with E-state index >= 15 is 0 Å². The van der Waals surface area contributed by atoms with Crippen molar-refractivity contribution in [1.29, 1.82) is 0 Å². The maximum atomic E-state index is 11.6. The van der Waals surface area contributed by atoms with Crippen molar-refractivity contribution < 1.29 is 4.79 Å². The molecule has 4 heteroatoms. The molecule has 2 N–H and O–H groups in total. The van der Waals surface area contributed by atoms with Crippen molar-refractivity contribution in [2.45, 2.75) is 45.7 Å². The van der Waals surface area contributed by atoms with Gasteiger partial charge in [-0.15, -0.1) is 0 Å². The van der Waals surface area contributed by atoms with Crippen molar-refractivity contribution in [3.05, 3.63) is 0 Å². The molecule has 0 saturated carbocycles. The maximum Gasteiger partial charge on any atom is 0.234 e. The van der Waals surface area contributed by atoms with E-state index in [4.69, 9.17) is 0 Å². The lowest BCUT2D eigenvalue weighted by atomic mass is 10.1. The fourth-order valence-electron chi connectivity index (χ4n) is 1.20. The number of rotatable bonds is 6. The average molecular weight is 229 g/mol. The summed E-state index contributed by atoms with van der Waals surface area (Å²) in [5.74, 6) is 0.0705. The molecule has 0 spiro atoms. The van der Waals surface area contributed by atoms with Gasteiger partial charge in [0.05, 0.1) is 6.54 Å². The van der Waals surface area contributed by atoms with Crippen molar-refractivity contribution in [3.8, 4) is 0 Å². The molecule has 0 saturated heterocycles. The van der Waals surface area contributed by atoms with Crippen LogP contribution < -0.4 is 10.6 Å². The third kappa shape index (κ3) is 9.93. The Labute approximate surface area is 99.8 Å². The van der Waals surface area contributed by atoms with Gasteiger partial charge in [0.1, 0.15) is 0 Å². The van der Waals surface area contributed by atoms with Crippen LogP contribution >= 0.6 is 0 Å². The number of nitrogens with zero attached hydrogens (tertiary/aromatic N) is 1. The molecular weight excluding hydrogens is 202 g/mol. The summed E-state index contributed by atoms with van der Waals surface area (Å²) in [7, 11) is 4.07. The standard InChI is InChI=1S/C12H27N3O/c1-10(7-8-15(5)6)14-11(16)9-13-12(2,3)4/h10,13H,7-9H2,1-6H3,(H,14,16). The molecule has 0 aromatic heterocycles. The van der Waals surface area contributed by atoms with Gasteiger partial charge in [0.2, 0.25) is 5.91 Å². The van der Waals surface area contributed by atoms with E-state index < -0.39 is 0 Å². The molecule has 0 radical (unpaired) electrons. The number of hydrogen-bond acceptors (Lipinski definition) is 3. The molecule has 16 heavy (non-hydrogen) atoms. The van der Waals surface area contributed by atoms with Crippen molar-refractivity contribution in [2.75, 3.05) is 27.2 Å². The van der Waals surface area contributed by atoms with E-state index in [9.17, 15) is 4.79 Å². The Morgan fingerprint density at radius 2 is 1.88 bits per heavy atom. The van der Waals surface area contributed by atoms with Gasteiger partial charge in [0, 0.05) is 11.6 Å². The summed E-state index contributed by atoms with van der Waals surface area (Å²) in [6, 6.07) is 0.233. The molecule has 0 bridgehead atoms. The molecule has 0 aromatic carbocycles. The van der Waals surface area contributed by atoms with Crippen LogP contribution in [0.4, 0.5) is 0 Å². The lowest BCUT2D eigenvalue weighted by molar-refractivity contribution is -0.121. The van der Waals surface area contributed by atoms with Crippen molar-refractivity contribution in [3.63, 3.8) is 0 Å². The molecule has 0 aliphatic carbocycles. The zero-order chi connectivity index (χ0) is 12.8. The quantitative estimate of drug-likeness (QED) is 0.709. The van der Waals surface area contributed by atoms with E-state index in [1.807, 2.05) is 21.0 Å². The number of carbonyl (C=O) groups excluding carboxylic acids is 1. The summed E-state index contributed by atoms with van der Waals surface area (Å²) in [5, 5.41) is 6.15. The SMILES string of the molecule is CC(CCN(C)C)NC(=O)CNC(C)(C)C. The van der Waals surface area contributed by atoms with Gasteiger partial charge in [-0.1, -0.05) is 0 Å². The minimum atomic E-state index is -0.00971. The second-order valence-electron chi connectivity index (χ2n) is 5.66. The normalized spacial score (nSPS) is 13.9. The van der Waals surface area contributed by atoms with Gasteiger partial charge in [-0.25, -0.2) is 0 Å². The minimum absolute atomic E-state index is 0.00971. The Balaban J connectivity index is 3.70. The van der Waals surface area contributed by atoms with Crippen LogP contribution in [0.3, 0.4) is 0 Å². The van der Waals surface area contributed by atoms with Gasteiger partial charge in [0.15, 0.2) is 0 Å². The van der Waals surface area contributed by atoms with Gasteiger partial charge in [0.25, 0.3) is 0 Å². The van der Waals surface area contributed by atoms with Crippen LogP contribution in [0.15, 0.2) is 0 Å². The lowest BCUT2D eigenvalue weighted by Gasteiger charge is -2.21. The fourth-order valence-corrected chi connectivity index (χ4v) is 1.20. The van der Waals surface area contributed by atoms with Crippen LogP contribution in [0.1, 0.15) is 34.1 Å². The van der Waals surface area contributed by atoms with E-state index in [1.54, 1.807) is 0 Å². The topological polar surface area (TPSA) is 44.4 Å². The first-order valence-electron chi connectivity index (χ1n) is 5.90. The third-order valence-corrected chi connectivity index (χ3v) is 2.20. The Bertz CT molecular complexity index is 209. The van der Waals surface area contributed by atoms with E-state index in [2.05, 4.69) is 36.3 Å². The minimum Gasteiger partial charge on any atom is -0.352 e. The highest BCUT2D eigenvalue weighted by Crippen LogP contribution is 1.97. The molecule has 0 aromatic rings. The monoisotopic (exact) mass is 229 g/mol. The molecule has 0 aliphatic heterocycles. The zero-order valence-corrected chi connectivity index (χ0v) is 11.6. The number of hydrogen-bond donors (Lipinski definition) is 2. The smallest absolute Gasteiger partial charge is 0.234 e. The molecule has 0 heterocycles. The van der Waals surface area contributed by atoms with Crippen molar-refractivity contribution in [2.24, 2.45) is 0 Å². The lowest BCUT2D eigenvalue weighted by Crippen LogP contribution is -2.45. The summed E-state index contributed by atoms with van der Waals surface area (Å²) < 4.78 is 0. The van der Waals surface area contributed by atoms with Crippen LogP contribution in [-0.2, 0) is 4.79 Å². The molecule has 1 unspecified atom stereocenters. The van der Waals surface area contributed by atoms with Crippen LogP contribution in [0, 0.1) is 0 Å². The first-order valence-corrected chi connectivity index (χ1v) is 5.90.